The van der Waals surface area contributed by atoms with Gasteiger partial charge in [0.1, 0.15) is 17.1 Å². The molecular weight excluding hydrogens is 329 g/mol. The molecule has 106 valence electrons. The third-order valence-corrected chi connectivity index (χ3v) is 3.39. The molecule has 0 amide bonds. The molecular formula is C14H13BrFNO3. The number of hydrogen-bond donors (Lipinski definition) is 1. The first-order valence-electron chi connectivity index (χ1n) is 5.90. The van der Waals surface area contributed by atoms with Gasteiger partial charge in [0, 0.05) is 11.0 Å². The number of aromatic carboxylic acids is 1. The third-order valence-electron chi connectivity index (χ3n) is 2.78. The van der Waals surface area contributed by atoms with Crippen LogP contribution in [0.4, 0.5) is 4.39 Å². The number of carbonyl (C=O) groups is 1. The molecule has 0 atom stereocenters. The Morgan fingerprint density at radius 1 is 1.40 bits per heavy atom. The zero-order valence-corrected chi connectivity index (χ0v) is 12.8. The van der Waals surface area contributed by atoms with Crippen LogP contribution in [0.15, 0.2) is 27.2 Å². The lowest BCUT2D eigenvalue weighted by Crippen LogP contribution is -2.15. The van der Waals surface area contributed by atoms with Crippen molar-refractivity contribution in [2.75, 3.05) is 0 Å². The van der Waals surface area contributed by atoms with E-state index < -0.39 is 17.2 Å². The Morgan fingerprint density at radius 2 is 2.05 bits per heavy atom. The van der Waals surface area contributed by atoms with Gasteiger partial charge >= 0.3 is 5.97 Å². The van der Waals surface area contributed by atoms with E-state index in [-0.39, 0.29) is 15.7 Å². The lowest BCUT2D eigenvalue weighted by Gasteiger charge is -2.14. The van der Waals surface area contributed by atoms with Crippen molar-refractivity contribution in [3.05, 3.63) is 39.8 Å². The van der Waals surface area contributed by atoms with Gasteiger partial charge < -0.3 is 9.63 Å². The van der Waals surface area contributed by atoms with E-state index in [0.29, 0.717) is 11.3 Å². The Bertz CT molecular complexity index is 674. The largest absolute Gasteiger partial charge is 0.477 e. The van der Waals surface area contributed by atoms with E-state index in [4.69, 9.17) is 4.52 Å². The maximum absolute atomic E-state index is 13.3. The molecule has 0 fully saturated rings. The van der Waals surface area contributed by atoms with Crippen LogP contribution >= 0.6 is 15.9 Å². The highest BCUT2D eigenvalue weighted by molar-refractivity contribution is 9.10. The van der Waals surface area contributed by atoms with Crippen molar-refractivity contribution >= 4 is 21.9 Å². The van der Waals surface area contributed by atoms with Crippen molar-refractivity contribution in [3.63, 3.8) is 0 Å². The fraction of sp³-hybridized carbons (Fsp3) is 0.286. The van der Waals surface area contributed by atoms with Gasteiger partial charge in [0.15, 0.2) is 5.76 Å². The van der Waals surface area contributed by atoms with E-state index in [0.717, 1.165) is 0 Å². The Kier molecular flexibility index (Phi) is 3.69. The van der Waals surface area contributed by atoms with Gasteiger partial charge in [-0.2, -0.15) is 0 Å². The number of halogens is 2. The average Bonchev–Trinajstić information content (AvgIpc) is 2.77. The number of benzene rings is 1. The minimum atomic E-state index is -1.12. The van der Waals surface area contributed by atoms with Crippen LogP contribution in [0, 0.1) is 5.82 Å². The van der Waals surface area contributed by atoms with Gasteiger partial charge in [-0.05, 0) is 34.1 Å². The first-order chi connectivity index (χ1) is 9.21. The standard InChI is InChI=1S/C14H13BrFNO3/c1-14(2,3)12-10(13(18)19)11(17-20-12)7-4-5-9(16)8(15)6-7/h4-6H,1-3H3,(H,18,19). The third kappa shape index (κ3) is 2.60. The average molecular weight is 342 g/mol. The first kappa shape index (κ1) is 14.7. The molecule has 0 saturated heterocycles. The van der Waals surface area contributed by atoms with Crippen molar-refractivity contribution in [1.82, 2.24) is 5.16 Å². The predicted octanol–water partition coefficient (Wildman–Crippen LogP) is 4.24. The number of carboxylic acids is 1. The van der Waals surface area contributed by atoms with Gasteiger partial charge in [-0.25, -0.2) is 9.18 Å². The summed E-state index contributed by atoms with van der Waals surface area (Å²) in [6, 6.07) is 4.19. The van der Waals surface area contributed by atoms with Gasteiger partial charge in [0.25, 0.3) is 0 Å². The van der Waals surface area contributed by atoms with E-state index in [9.17, 15) is 14.3 Å². The van der Waals surface area contributed by atoms with Crippen molar-refractivity contribution < 1.29 is 18.8 Å². The molecule has 1 aromatic carbocycles. The number of rotatable bonds is 2. The number of hydrogen-bond acceptors (Lipinski definition) is 3. The number of nitrogens with zero attached hydrogens (tertiary/aromatic N) is 1. The van der Waals surface area contributed by atoms with E-state index in [1.54, 1.807) is 0 Å². The van der Waals surface area contributed by atoms with Crippen LogP contribution in [-0.2, 0) is 5.41 Å². The predicted molar refractivity (Wildman–Crippen MR) is 75.3 cm³/mol. The van der Waals surface area contributed by atoms with Gasteiger partial charge in [-0.3, -0.25) is 0 Å². The Balaban J connectivity index is 2.66. The fourth-order valence-corrected chi connectivity index (χ4v) is 2.22. The molecule has 0 radical (unpaired) electrons. The second-order valence-electron chi connectivity index (χ2n) is 5.42. The van der Waals surface area contributed by atoms with Gasteiger partial charge in [0.05, 0.1) is 4.47 Å². The smallest absolute Gasteiger partial charge is 0.341 e. The van der Waals surface area contributed by atoms with Gasteiger partial charge in [-0.1, -0.05) is 25.9 Å². The van der Waals surface area contributed by atoms with Crippen molar-refractivity contribution in [2.24, 2.45) is 0 Å². The SMILES string of the molecule is CC(C)(C)c1onc(-c2ccc(F)c(Br)c2)c1C(=O)O. The van der Waals surface area contributed by atoms with Crippen LogP contribution in [0.25, 0.3) is 11.3 Å². The fourth-order valence-electron chi connectivity index (χ4n) is 1.84. The summed E-state index contributed by atoms with van der Waals surface area (Å²) in [6.45, 7) is 5.51. The van der Waals surface area contributed by atoms with E-state index in [2.05, 4.69) is 21.1 Å². The second kappa shape index (κ2) is 5.01. The molecule has 0 spiro atoms. The van der Waals surface area contributed by atoms with Crippen LogP contribution in [0.2, 0.25) is 0 Å². The van der Waals surface area contributed by atoms with Crippen LogP contribution in [0.1, 0.15) is 36.9 Å². The molecule has 0 unspecified atom stereocenters. The number of aromatic nitrogens is 1. The molecule has 1 heterocycles. The highest BCUT2D eigenvalue weighted by atomic mass is 79.9. The van der Waals surface area contributed by atoms with Gasteiger partial charge in [0.2, 0.25) is 0 Å². The minimum Gasteiger partial charge on any atom is -0.477 e. The highest BCUT2D eigenvalue weighted by Crippen LogP contribution is 2.34. The Hall–Kier alpha value is -1.69. The summed E-state index contributed by atoms with van der Waals surface area (Å²) >= 11 is 3.07. The van der Waals surface area contributed by atoms with Crippen LogP contribution < -0.4 is 0 Å². The molecule has 6 heteroatoms. The summed E-state index contributed by atoms with van der Waals surface area (Å²) in [5, 5.41) is 13.2. The normalized spacial score (nSPS) is 11.7. The maximum Gasteiger partial charge on any atom is 0.341 e. The molecule has 0 saturated carbocycles. The highest BCUT2D eigenvalue weighted by Gasteiger charge is 2.31. The Labute approximate surface area is 123 Å². The van der Waals surface area contributed by atoms with Gasteiger partial charge in [-0.15, -0.1) is 0 Å². The second-order valence-corrected chi connectivity index (χ2v) is 6.27. The molecule has 0 aliphatic rings. The summed E-state index contributed by atoms with van der Waals surface area (Å²) in [6.07, 6.45) is 0. The van der Waals surface area contributed by atoms with Crippen LogP contribution in [0.5, 0.6) is 0 Å². The molecule has 2 aromatic rings. The minimum absolute atomic E-state index is 0.0102. The monoisotopic (exact) mass is 341 g/mol. The zero-order chi connectivity index (χ0) is 15.1. The zero-order valence-electron chi connectivity index (χ0n) is 11.2. The molecule has 1 N–H and O–H groups in total. The summed E-state index contributed by atoms with van der Waals surface area (Å²) in [5.74, 6) is -1.25. The topological polar surface area (TPSA) is 63.3 Å². The summed E-state index contributed by atoms with van der Waals surface area (Å²) in [4.78, 5) is 11.5. The first-order valence-corrected chi connectivity index (χ1v) is 6.70. The quantitative estimate of drug-likeness (QED) is 0.887. The molecule has 0 bridgehead atoms. The molecule has 1 aromatic heterocycles. The summed E-state index contributed by atoms with van der Waals surface area (Å²) in [7, 11) is 0. The van der Waals surface area contributed by atoms with Crippen molar-refractivity contribution in [2.45, 2.75) is 26.2 Å². The van der Waals surface area contributed by atoms with Crippen LogP contribution in [0.3, 0.4) is 0 Å². The maximum atomic E-state index is 13.3. The van der Waals surface area contributed by atoms with E-state index in [1.165, 1.54) is 18.2 Å². The summed E-state index contributed by atoms with van der Waals surface area (Å²) in [5.41, 5.74) is 0.199. The van der Waals surface area contributed by atoms with Crippen molar-refractivity contribution in [3.8, 4) is 11.3 Å². The van der Waals surface area contributed by atoms with E-state index >= 15 is 0 Å². The Morgan fingerprint density at radius 3 is 2.55 bits per heavy atom. The number of carboxylic acid groups (broad SMARTS) is 1. The molecule has 2 rings (SSSR count). The van der Waals surface area contributed by atoms with Crippen molar-refractivity contribution in [1.29, 1.82) is 0 Å². The molecule has 0 aliphatic carbocycles. The van der Waals surface area contributed by atoms with E-state index in [1.807, 2.05) is 20.8 Å². The lowest BCUT2D eigenvalue weighted by atomic mass is 9.89. The molecule has 0 aliphatic heterocycles. The summed E-state index contributed by atoms with van der Waals surface area (Å²) < 4.78 is 18.7. The van der Waals surface area contributed by atoms with Crippen LogP contribution in [-0.4, -0.2) is 16.2 Å². The lowest BCUT2D eigenvalue weighted by molar-refractivity contribution is 0.0693. The molecule has 20 heavy (non-hydrogen) atoms. The molecule has 4 nitrogen and oxygen atoms in total.